The van der Waals surface area contributed by atoms with E-state index in [0.29, 0.717) is 13.0 Å². The van der Waals surface area contributed by atoms with Gasteiger partial charge in [0.05, 0.1) is 12.5 Å². The fourth-order valence-electron chi connectivity index (χ4n) is 2.23. The molecule has 0 saturated carbocycles. The van der Waals surface area contributed by atoms with Crippen LogP contribution >= 0.6 is 11.8 Å². The second-order valence-corrected chi connectivity index (χ2v) is 5.54. The molecule has 6 nitrogen and oxygen atoms in total. The zero-order chi connectivity index (χ0) is 13.3. The summed E-state index contributed by atoms with van der Waals surface area (Å²) in [6.07, 6.45) is 2.27. The highest BCUT2D eigenvalue weighted by atomic mass is 32.2. The van der Waals surface area contributed by atoms with E-state index in [0.717, 1.165) is 17.7 Å². The summed E-state index contributed by atoms with van der Waals surface area (Å²) in [5.41, 5.74) is 5.50. The van der Waals surface area contributed by atoms with Crippen molar-refractivity contribution in [2.24, 2.45) is 11.7 Å². The van der Waals surface area contributed by atoms with Crippen LogP contribution in [-0.2, 0) is 9.59 Å². The number of fused-ring (bicyclic) bond motifs is 1. The second-order valence-electron chi connectivity index (χ2n) is 4.33. The number of allylic oxidation sites excluding steroid dienone is 1. The van der Waals surface area contributed by atoms with Crippen molar-refractivity contribution in [1.29, 1.82) is 0 Å². The van der Waals surface area contributed by atoms with Crippen molar-refractivity contribution in [3.8, 4) is 0 Å². The Morgan fingerprint density at radius 2 is 2.17 bits per heavy atom. The molecule has 0 aromatic carbocycles. The molecule has 2 atom stereocenters. The second kappa shape index (κ2) is 5.29. The van der Waals surface area contributed by atoms with Gasteiger partial charge in [0.25, 0.3) is 0 Å². The predicted octanol–water partition coefficient (Wildman–Crippen LogP) is -0.0648. The van der Waals surface area contributed by atoms with E-state index in [9.17, 15) is 14.7 Å². The van der Waals surface area contributed by atoms with Crippen molar-refractivity contribution >= 4 is 23.6 Å². The molecule has 100 valence electrons. The van der Waals surface area contributed by atoms with Crippen LogP contribution in [0.15, 0.2) is 10.6 Å². The Balaban J connectivity index is 2.12. The molecule has 2 heterocycles. The Morgan fingerprint density at radius 1 is 1.44 bits per heavy atom. The molecule has 2 aliphatic rings. The Kier molecular flexibility index (Phi) is 3.94. The summed E-state index contributed by atoms with van der Waals surface area (Å²) in [4.78, 5) is 24.9. The quantitative estimate of drug-likeness (QED) is 0.462. The van der Waals surface area contributed by atoms with Crippen LogP contribution in [0.5, 0.6) is 0 Å². The highest BCUT2D eigenvalue weighted by molar-refractivity contribution is 8.04. The van der Waals surface area contributed by atoms with Crippen molar-refractivity contribution in [2.75, 3.05) is 13.2 Å². The lowest BCUT2D eigenvalue weighted by Gasteiger charge is -2.41. The third kappa shape index (κ3) is 2.02. The van der Waals surface area contributed by atoms with Gasteiger partial charge in [0, 0.05) is 4.91 Å². The molecule has 0 radical (unpaired) electrons. The molecule has 18 heavy (non-hydrogen) atoms. The summed E-state index contributed by atoms with van der Waals surface area (Å²) in [5, 5.41) is 18.0. The minimum absolute atomic E-state index is 0.0942. The average Bonchev–Trinajstić information content (AvgIpc) is 2.65. The van der Waals surface area contributed by atoms with Crippen LogP contribution in [0.4, 0.5) is 0 Å². The van der Waals surface area contributed by atoms with E-state index in [1.54, 1.807) is 0 Å². The van der Waals surface area contributed by atoms with Gasteiger partial charge in [-0.2, -0.15) is 0 Å². The van der Waals surface area contributed by atoms with Crippen LogP contribution < -0.4 is 5.73 Å². The lowest BCUT2D eigenvalue weighted by atomic mass is 9.98. The molecule has 7 heteroatoms. The maximum atomic E-state index is 11.7. The molecule has 2 aliphatic heterocycles. The van der Waals surface area contributed by atoms with E-state index in [2.05, 4.69) is 0 Å². The van der Waals surface area contributed by atoms with Crippen LogP contribution in [0.25, 0.3) is 0 Å². The van der Waals surface area contributed by atoms with Crippen molar-refractivity contribution < 1.29 is 19.8 Å². The third-order valence-corrected chi connectivity index (χ3v) is 4.64. The average molecular weight is 272 g/mol. The SMILES string of the molecule is NCCCCC1=C(C(=O)O)N2C(=O)[C@@H](CO)[C@H]2S1. The van der Waals surface area contributed by atoms with Gasteiger partial charge in [0.15, 0.2) is 0 Å². The van der Waals surface area contributed by atoms with Crippen molar-refractivity contribution in [3.63, 3.8) is 0 Å². The number of nitrogens with two attached hydrogens (primary N) is 1. The number of carboxylic acid groups (broad SMARTS) is 1. The molecule has 0 bridgehead atoms. The van der Waals surface area contributed by atoms with Gasteiger partial charge < -0.3 is 15.9 Å². The number of hydrogen-bond donors (Lipinski definition) is 3. The lowest BCUT2D eigenvalue weighted by Crippen LogP contribution is -2.58. The highest BCUT2D eigenvalue weighted by Crippen LogP contribution is 2.50. The number of amides is 1. The monoisotopic (exact) mass is 272 g/mol. The number of aliphatic hydroxyl groups is 1. The van der Waals surface area contributed by atoms with Crippen molar-refractivity contribution in [1.82, 2.24) is 4.90 Å². The topological polar surface area (TPSA) is 104 Å². The first kappa shape index (κ1) is 13.4. The number of carboxylic acids is 1. The van der Waals surface area contributed by atoms with E-state index in [4.69, 9.17) is 10.8 Å². The smallest absolute Gasteiger partial charge is 0.353 e. The molecule has 0 spiro atoms. The summed E-state index contributed by atoms with van der Waals surface area (Å²) in [5.74, 6) is -1.82. The van der Waals surface area contributed by atoms with Crippen molar-refractivity contribution in [2.45, 2.75) is 24.6 Å². The molecular weight excluding hydrogens is 256 g/mol. The zero-order valence-corrected chi connectivity index (χ0v) is 10.7. The number of aliphatic carboxylic acids is 1. The number of unbranched alkanes of at least 4 members (excludes halogenated alkanes) is 1. The minimum atomic E-state index is -1.07. The molecule has 0 unspecified atom stereocenters. The molecular formula is C11H16N2O4S. The van der Waals surface area contributed by atoms with Crippen LogP contribution in [0.2, 0.25) is 0 Å². The number of rotatable bonds is 6. The highest BCUT2D eigenvalue weighted by Gasteiger charge is 2.55. The van der Waals surface area contributed by atoms with Gasteiger partial charge in [0.2, 0.25) is 5.91 Å². The first-order valence-corrected chi connectivity index (χ1v) is 6.77. The molecule has 4 N–H and O–H groups in total. The summed E-state index contributed by atoms with van der Waals surface area (Å²) >= 11 is 1.39. The first-order valence-electron chi connectivity index (χ1n) is 5.89. The number of carbonyl (C=O) groups excluding carboxylic acids is 1. The maximum Gasteiger partial charge on any atom is 0.353 e. The molecule has 2 rings (SSSR count). The van der Waals surface area contributed by atoms with E-state index < -0.39 is 11.9 Å². The Bertz CT molecular complexity index is 410. The largest absolute Gasteiger partial charge is 0.477 e. The van der Waals surface area contributed by atoms with Gasteiger partial charge in [-0.25, -0.2) is 4.79 Å². The number of carbonyl (C=O) groups is 2. The number of nitrogens with zero attached hydrogens (tertiary/aromatic N) is 1. The molecule has 0 aliphatic carbocycles. The summed E-state index contributed by atoms with van der Waals surface area (Å²) in [6, 6.07) is 0. The van der Waals surface area contributed by atoms with Gasteiger partial charge in [-0.3, -0.25) is 9.69 Å². The number of β-lactam (4-membered cyclic amide) rings is 1. The normalized spacial score (nSPS) is 26.3. The van der Waals surface area contributed by atoms with Gasteiger partial charge in [-0.1, -0.05) is 0 Å². The van der Waals surface area contributed by atoms with E-state index in [1.165, 1.54) is 16.7 Å². The third-order valence-electron chi connectivity index (χ3n) is 3.18. The van der Waals surface area contributed by atoms with Crippen LogP contribution in [0.3, 0.4) is 0 Å². The fourth-order valence-corrected chi connectivity index (χ4v) is 3.76. The predicted molar refractivity (Wildman–Crippen MR) is 66.4 cm³/mol. The molecule has 1 saturated heterocycles. The van der Waals surface area contributed by atoms with Crippen LogP contribution in [0.1, 0.15) is 19.3 Å². The summed E-state index contributed by atoms with van der Waals surface area (Å²) < 4.78 is 0. The summed E-state index contributed by atoms with van der Waals surface area (Å²) in [6.45, 7) is 0.349. The van der Waals surface area contributed by atoms with Gasteiger partial charge in [-0.15, -0.1) is 11.8 Å². The van der Waals surface area contributed by atoms with Gasteiger partial charge in [-0.05, 0) is 25.8 Å². The molecule has 1 amide bonds. The maximum absolute atomic E-state index is 11.7. The Morgan fingerprint density at radius 3 is 2.72 bits per heavy atom. The van der Waals surface area contributed by atoms with E-state index in [-0.39, 0.29) is 23.6 Å². The van der Waals surface area contributed by atoms with E-state index >= 15 is 0 Å². The number of hydrogen-bond acceptors (Lipinski definition) is 5. The standard InChI is InChI=1S/C11H16N2O4S/c12-4-2-1-3-7-8(11(16)17)13-9(15)6(5-14)10(13)18-7/h6,10,14H,1-5,12H2,(H,16,17)/t6-,10-/m1/s1. The first-order chi connectivity index (χ1) is 8.61. The number of thioether (sulfide) groups is 1. The zero-order valence-electron chi connectivity index (χ0n) is 9.83. The number of aliphatic hydroxyl groups excluding tert-OH is 1. The minimum Gasteiger partial charge on any atom is -0.477 e. The molecule has 0 aromatic heterocycles. The molecule has 0 aromatic rings. The van der Waals surface area contributed by atoms with Crippen LogP contribution in [-0.4, -0.2) is 45.5 Å². The Hall–Kier alpha value is -1.05. The van der Waals surface area contributed by atoms with E-state index in [1.807, 2.05) is 0 Å². The Labute approximate surface area is 109 Å². The van der Waals surface area contributed by atoms with Gasteiger partial charge >= 0.3 is 5.97 Å². The molecule has 1 fully saturated rings. The fraction of sp³-hybridized carbons (Fsp3) is 0.636. The van der Waals surface area contributed by atoms with Crippen LogP contribution in [0, 0.1) is 5.92 Å². The summed E-state index contributed by atoms with van der Waals surface area (Å²) in [7, 11) is 0. The lowest BCUT2D eigenvalue weighted by molar-refractivity contribution is -0.153. The van der Waals surface area contributed by atoms with Gasteiger partial charge in [0.1, 0.15) is 11.1 Å². The van der Waals surface area contributed by atoms with Crippen molar-refractivity contribution in [3.05, 3.63) is 10.6 Å².